The van der Waals surface area contributed by atoms with Gasteiger partial charge in [-0.2, -0.15) is 0 Å². The summed E-state index contributed by atoms with van der Waals surface area (Å²) >= 11 is 0. The third-order valence-corrected chi connectivity index (χ3v) is 3.35. The summed E-state index contributed by atoms with van der Waals surface area (Å²) in [5.74, 6) is 0.804. The number of nitrogens with zero attached hydrogens (tertiary/aromatic N) is 1. The number of ether oxygens (including phenoxy) is 1. The van der Waals surface area contributed by atoms with E-state index in [0.29, 0.717) is 6.04 Å². The van der Waals surface area contributed by atoms with Gasteiger partial charge in [0.25, 0.3) is 0 Å². The molecular weight excluding hydrogens is 248 g/mol. The lowest BCUT2D eigenvalue weighted by molar-refractivity contribution is 0.415. The van der Waals surface area contributed by atoms with Crippen LogP contribution < -0.4 is 10.1 Å². The van der Waals surface area contributed by atoms with E-state index in [1.165, 1.54) is 5.56 Å². The topological polar surface area (TPSA) is 34.2 Å². The second kappa shape index (κ2) is 7.06. The number of methoxy groups -OCH3 is 1. The Kier molecular flexibility index (Phi) is 5.13. The standard InChI is InChI=1S/C17H22N2O/c1-4-10-18-13(2)14-7-5-8-15(12-14)17-16(20-3)9-6-11-19-17/h5-9,11-13,18H,4,10H2,1-3H3. The zero-order chi connectivity index (χ0) is 14.4. The highest BCUT2D eigenvalue weighted by molar-refractivity contribution is 5.66. The Hall–Kier alpha value is -1.87. The van der Waals surface area contributed by atoms with E-state index < -0.39 is 0 Å². The number of pyridine rings is 1. The van der Waals surface area contributed by atoms with Crippen LogP contribution in [0.4, 0.5) is 0 Å². The molecule has 106 valence electrons. The first-order chi connectivity index (χ1) is 9.76. The molecule has 0 radical (unpaired) electrons. The molecule has 0 aliphatic heterocycles. The van der Waals surface area contributed by atoms with Crippen LogP contribution in [-0.2, 0) is 0 Å². The maximum atomic E-state index is 5.39. The minimum atomic E-state index is 0.338. The molecule has 0 bridgehead atoms. The molecule has 1 unspecified atom stereocenters. The quantitative estimate of drug-likeness (QED) is 0.866. The van der Waals surface area contributed by atoms with Crippen LogP contribution in [0, 0.1) is 0 Å². The lowest BCUT2D eigenvalue weighted by atomic mass is 10.0. The van der Waals surface area contributed by atoms with Crippen LogP contribution >= 0.6 is 0 Å². The molecule has 20 heavy (non-hydrogen) atoms. The van der Waals surface area contributed by atoms with Gasteiger partial charge in [-0.05, 0) is 43.7 Å². The Morgan fingerprint density at radius 1 is 1.25 bits per heavy atom. The van der Waals surface area contributed by atoms with Crippen LogP contribution in [0.1, 0.15) is 31.9 Å². The van der Waals surface area contributed by atoms with E-state index >= 15 is 0 Å². The van der Waals surface area contributed by atoms with Gasteiger partial charge in [-0.15, -0.1) is 0 Å². The highest BCUT2D eigenvalue weighted by atomic mass is 16.5. The van der Waals surface area contributed by atoms with Crippen molar-refractivity contribution in [1.82, 2.24) is 10.3 Å². The second-order valence-corrected chi connectivity index (χ2v) is 4.86. The van der Waals surface area contributed by atoms with Gasteiger partial charge < -0.3 is 10.1 Å². The van der Waals surface area contributed by atoms with Crippen molar-refractivity contribution in [2.75, 3.05) is 13.7 Å². The van der Waals surface area contributed by atoms with Crippen LogP contribution in [0.2, 0.25) is 0 Å². The smallest absolute Gasteiger partial charge is 0.145 e. The first kappa shape index (κ1) is 14.5. The van der Waals surface area contributed by atoms with Crippen molar-refractivity contribution < 1.29 is 4.74 Å². The van der Waals surface area contributed by atoms with Crippen molar-refractivity contribution in [3.8, 4) is 17.0 Å². The molecule has 1 aromatic carbocycles. The van der Waals surface area contributed by atoms with Crippen LogP contribution in [0.5, 0.6) is 5.75 Å². The predicted molar refractivity (Wildman–Crippen MR) is 82.9 cm³/mol. The fourth-order valence-electron chi connectivity index (χ4n) is 2.21. The van der Waals surface area contributed by atoms with Crippen molar-refractivity contribution in [2.24, 2.45) is 0 Å². The molecule has 1 aromatic heterocycles. The summed E-state index contributed by atoms with van der Waals surface area (Å²) in [5, 5.41) is 3.50. The summed E-state index contributed by atoms with van der Waals surface area (Å²) in [4.78, 5) is 4.44. The van der Waals surface area contributed by atoms with Crippen molar-refractivity contribution in [3.63, 3.8) is 0 Å². The zero-order valence-corrected chi connectivity index (χ0v) is 12.4. The van der Waals surface area contributed by atoms with Crippen LogP contribution in [-0.4, -0.2) is 18.6 Å². The monoisotopic (exact) mass is 270 g/mol. The molecule has 1 N–H and O–H groups in total. The molecule has 0 saturated carbocycles. The fourth-order valence-corrected chi connectivity index (χ4v) is 2.21. The van der Waals surface area contributed by atoms with E-state index in [2.05, 4.69) is 48.4 Å². The molecular formula is C17H22N2O. The first-order valence-corrected chi connectivity index (χ1v) is 7.09. The average molecular weight is 270 g/mol. The maximum Gasteiger partial charge on any atom is 0.145 e. The van der Waals surface area contributed by atoms with Crippen LogP contribution in [0.25, 0.3) is 11.3 Å². The summed E-state index contributed by atoms with van der Waals surface area (Å²) in [6.07, 6.45) is 2.93. The Morgan fingerprint density at radius 2 is 2.10 bits per heavy atom. The molecule has 2 aromatic rings. The summed E-state index contributed by atoms with van der Waals surface area (Å²) in [6.45, 7) is 5.39. The summed E-state index contributed by atoms with van der Waals surface area (Å²) < 4.78 is 5.39. The maximum absolute atomic E-state index is 5.39. The van der Waals surface area contributed by atoms with E-state index in [-0.39, 0.29) is 0 Å². The van der Waals surface area contributed by atoms with E-state index in [0.717, 1.165) is 30.0 Å². The highest BCUT2D eigenvalue weighted by Gasteiger charge is 2.09. The van der Waals surface area contributed by atoms with Gasteiger partial charge in [-0.1, -0.05) is 25.1 Å². The van der Waals surface area contributed by atoms with Gasteiger partial charge in [0.1, 0.15) is 11.4 Å². The van der Waals surface area contributed by atoms with Crippen LogP contribution in [0.3, 0.4) is 0 Å². The number of nitrogens with one attached hydrogen (secondary N) is 1. The summed E-state index contributed by atoms with van der Waals surface area (Å²) in [5.41, 5.74) is 3.24. The highest BCUT2D eigenvalue weighted by Crippen LogP contribution is 2.28. The normalized spacial score (nSPS) is 12.2. The van der Waals surface area contributed by atoms with Gasteiger partial charge in [-0.25, -0.2) is 0 Å². The molecule has 0 saturated heterocycles. The summed E-state index contributed by atoms with van der Waals surface area (Å²) in [7, 11) is 1.68. The Bertz CT molecular complexity index is 554. The third-order valence-electron chi connectivity index (χ3n) is 3.35. The lowest BCUT2D eigenvalue weighted by Gasteiger charge is -2.15. The average Bonchev–Trinajstić information content (AvgIpc) is 2.52. The molecule has 0 amide bonds. The Labute approximate surface area is 121 Å². The van der Waals surface area contributed by atoms with Gasteiger partial charge in [0.05, 0.1) is 7.11 Å². The number of hydrogen-bond donors (Lipinski definition) is 1. The number of aromatic nitrogens is 1. The van der Waals surface area contributed by atoms with Gasteiger partial charge in [0.2, 0.25) is 0 Å². The molecule has 0 fully saturated rings. The molecule has 3 nitrogen and oxygen atoms in total. The zero-order valence-electron chi connectivity index (χ0n) is 12.4. The molecule has 1 atom stereocenters. The minimum Gasteiger partial charge on any atom is -0.494 e. The van der Waals surface area contributed by atoms with Crippen molar-refractivity contribution in [2.45, 2.75) is 26.3 Å². The molecule has 3 heteroatoms. The van der Waals surface area contributed by atoms with E-state index in [4.69, 9.17) is 4.74 Å². The molecule has 0 aliphatic carbocycles. The summed E-state index contributed by atoms with van der Waals surface area (Å²) in [6, 6.07) is 12.6. The minimum absolute atomic E-state index is 0.338. The third kappa shape index (κ3) is 3.36. The molecule has 1 heterocycles. The number of hydrogen-bond acceptors (Lipinski definition) is 3. The molecule has 0 aliphatic rings. The molecule has 2 rings (SSSR count). The Balaban J connectivity index is 2.29. The largest absolute Gasteiger partial charge is 0.494 e. The van der Waals surface area contributed by atoms with Gasteiger partial charge in [0.15, 0.2) is 0 Å². The fraction of sp³-hybridized carbons (Fsp3) is 0.353. The SMILES string of the molecule is CCCNC(C)c1cccc(-c2ncccc2OC)c1. The van der Waals surface area contributed by atoms with E-state index in [1.54, 1.807) is 13.3 Å². The van der Waals surface area contributed by atoms with Gasteiger partial charge >= 0.3 is 0 Å². The van der Waals surface area contributed by atoms with Crippen molar-refractivity contribution in [1.29, 1.82) is 0 Å². The second-order valence-electron chi connectivity index (χ2n) is 4.86. The van der Waals surface area contributed by atoms with Crippen molar-refractivity contribution in [3.05, 3.63) is 48.2 Å². The first-order valence-electron chi connectivity index (χ1n) is 7.09. The Morgan fingerprint density at radius 3 is 2.85 bits per heavy atom. The van der Waals surface area contributed by atoms with Crippen LogP contribution in [0.15, 0.2) is 42.6 Å². The van der Waals surface area contributed by atoms with Gasteiger partial charge in [-0.3, -0.25) is 4.98 Å². The molecule has 0 spiro atoms. The number of benzene rings is 1. The van der Waals surface area contributed by atoms with E-state index in [9.17, 15) is 0 Å². The van der Waals surface area contributed by atoms with Crippen molar-refractivity contribution >= 4 is 0 Å². The van der Waals surface area contributed by atoms with E-state index in [1.807, 2.05) is 12.1 Å². The number of rotatable bonds is 6. The lowest BCUT2D eigenvalue weighted by Crippen LogP contribution is -2.19. The van der Waals surface area contributed by atoms with Gasteiger partial charge in [0, 0.05) is 17.8 Å². The predicted octanol–water partition coefficient (Wildman–Crippen LogP) is 3.82.